The minimum absolute atomic E-state index is 0. The molecule has 1 N–H and O–H groups in total. The van der Waals surface area contributed by atoms with E-state index >= 15 is 0 Å². The molecule has 0 saturated carbocycles. The lowest BCUT2D eigenvalue weighted by molar-refractivity contribution is -0.112. The van der Waals surface area contributed by atoms with Gasteiger partial charge in [-0.1, -0.05) is 19.9 Å². The van der Waals surface area contributed by atoms with Crippen LogP contribution in [0, 0.1) is 17.2 Å². The fraction of sp³-hybridized carbons (Fsp3) is 0.261. The van der Waals surface area contributed by atoms with E-state index in [2.05, 4.69) is 26.7 Å². The van der Waals surface area contributed by atoms with Crippen LogP contribution in [0.15, 0.2) is 59.5 Å². The normalized spacial score (nSPS) is 13.8. The van der Waals surface area contributed by atoms with Gasteiger partial charge >= 0.3 is 0 Å². The predicted molar refractivity (Wildman–Crippen MR) is 119 cm³/mol. The summed E-state index contributed by atoms with van der Waals surface area (Å²) in [5, 5.41) is 25.6. The first-order valence-corrected chi connectivity index (χ1v) is 10.0. The van der Waals surface area contributed by atoms with Gasteiger partial charge in [0.25, 0.3) is 5.91 Å². The van der Waals surface area contributed by atoms with Crippen LogP contribution in [0.25, 0.3) is 16.6 Å². The minimum atomic E-state index is -0.214. The number of fused-ring (bicyclic) bond motifs is 1. The number of carbonyl (C=O) groups excluding carboxylic acids is 1. The highest BCUT2D eigenvalue weighted by atomic mass is 16.5. The first-order valence-electron chi connectivity index (χ1n) is 10.0. The Balaban J connectivity index is 0.00000289. The van der Waals surface area contributed by atoms with Gasteiger partial charge in [-0.25, -0.2) is 4.68 Å². The van der Waals surface area contributed by atoms with Crippen LogP contribution in [-0.2, 0) is 4.79 Å². The van der Waals surface area contributed by atoms with Crippen LogP contribution in [0.5, 0.6) is 5.88 Å². The summed E-state index contributed by atoms with van der Waals surface area (Å²) in [5.41, 5.74) is 4.24. The summed E-state index contributed by atoms with van der Waals surface area (Å²) in [6, 6.07) is 9.60. The van der Waals surface area contributed by atoms with Crippen molar-refractivity contribution < 1.29 is 11.0 Å². The van der Waals surface area contributed by atoms with E-state index in [1.165, 1.54) is 7.11 Å². The molecule has 1 aliphatic rings. The lowest BCUT2D eigenvalue weighted by Crippen LogP contribution is -2.20. The average Bonchev–Trinajstić information content (AvgIpc) is 3.21. The number of nitrogens with zero attached hydrogens (tertiary/aromatic N) is 5. The van der Waals surface area contributed by atoms with Crippen LogP contribution in [0.4, 0.5) is 5.69 Å². The number of hydrogen-bond acceptors (Lipinski definition) is 6. The quantitative estimate of drug-likeness (QED) is 0.668. The summed E-state index contributed by atoms with van der Waals surface area (Å²) in [5.74, 6) is 0.259. The van der Waals surface area contributed by atoms with Crippen molar-refractivity contribution in [3.05, 3.63) is 59.5 Å². The zero-order chi connectivity index (χ0) is 22.0. The number of aromatic nitrogens is 4. The molecular formula is C23H24N6O2. The summed E-state index contributed by atoms with van der Waals surface area (Å²) in [7, 11) is 1.53. The molecule has 0 aliphatic heterocycles. The molecule has 0 unspecified atom stereocenters. The van der Waals surface area contributed by atoms with E-state index in [0.717, 1.165) is 16.5 Å². The fourth-order valence-electron chi connectivity index (χ4n) is 3.81. The molecule has 31 heavy (non-hydrogen) atoms. The number of methoxy groups -OCH3 is 1. The SMILES string of the molecule is COc1cc(-n2ncc3ccc(NC(=O)C4=CCCC(C#N)=C4C(C)C)cc32)cnn1.[HH]. The molecule has 4 rings (SSSR count). The number of carbonyl (C=O) groups is 1. The molecule has 8 nitrogen and oxygen atoms in total. The maximum Gasteiger partial charge on any atom is 0.255 e. The molecular weight excluding hydrogens is 392 g/mol. The lowest BCUT2D eigenvalue weighted by Gasteiger charge is -2.21. The molecule has 1 amide bonds. The van der Waals surface area contributed by atoms with E-state index in [4.69, 9.17) is 4.74 Å². The van der Waals surface area contributed by atoms with Crippen LogP contribution in [0.3, 0.4) is 0 Å². The van der Waals surface area contributed by atoms with Gasteiger partial charge < -0.3 is 10.1 Å². The maximum absolute atomic E-state index is 13.1. The second-order valence-electron chi connectivity index (χ2n) is 7.56. The second-order valence-corrected chi connectivity index (χ2v) is 7.56. The third kappa shape index (κ3) is 3.90. The van der Waals surface area contributed by atoms with Crippen molar-refractivity contribution in [1.82, 2.24) is 20.0 Å². The number of benzene rings is 1. The summed E-state index contributed by atoms with van der Waals surface area (Å²) in [4.78, 5) is 13.1. The maximum atomic E-state index is 13.1. The smallest absolute Gasteiger partial charge is 0.255 e. The second kappa shape index (κ2) is 8.40. The van der Waals surface area contributed by atoms with Gasteiger partial charge in [0.1, 0.15) is 0 Å². The highest BCUT2D eigenvalue weighted by Gasteiger charge is 2.24. The van der Waals surface area contributed by atoms with Crippen molar-refractivity contribution in [2.24, 2.45) is 5.92 Å². The van der Waals surface area contributed by atoms with Crippen molar-refractivity contribution >= 4 is 22.5 Å². The van der Waals surface area contributed by atoms with Gasteiger partial charge in [0.05, 0.1) is 36.8 Å². The van der Waals surface area contributed by atoms with Crippen molar-refractivity contribution in [3.8, 4) is 17.6 Å². The molecule has 3 aromatic rings. The molecule has 1 aliphatic carbocycles. The molecule has 0 radical (unpaired) electrons. The van der Waals surface area contributed by atoms with Gasteiger partial charge in [0, 0.05) is 29.7 Å². The topological polar surface area (TPSA) is 106 Å². The zero-order valence-electron chi connectivity index (χ0n) is 17.6. The van der Waals surface area contributed by atoms with Gasteiger partial charge in [-0.05, 0) is 42.5 Å². The number of nitrogens with one attached hydrogen (secondary N) is 1. The third-order valence-electron chi connectivity index (χ3n) is 5.22. The number of rotatable bonds is 5. The molecule has 1 aromatic carbocycles. The summed E-state index contributed by atoms with van der Waals surface area (Å²) in [6.07, 6.45) is 6.62. The first-order chi connectivity index (χ1) is 15.0. The standard InChI is InChI=1S/C23H22N6O2.H2/c1-14(2)22-15(11-24)5-4-6-19(22)23(30)27-17-8-7-16-12-26-29(20(16)9-17)18-10-21(31-3)28-25-13-18;/h6-10,12-14H,4-5H2,1-3H3,(H,27,30);1H. The van der Waals surface area contributed by atoms with E-state index in [1.54, 1.807) is 23.1 Å². The predicted octanol–water partition coefficient (Wildman–Crippen LogP) is 4.20. The van der Waals surface area contributed by atoms with Crippen molar-refractivity contribution in [2.45, 2.75) is 26.7 Å². The Bertz CT molecular complexity index is 1270. The van der Waals surface area contributed by atoms with E-state index in [-0.39, 0.29) is 13.3 Å². The summed E-state index contributed by atoms with van der Waals surface area (Å²) < 4.78 is 6.87. The highest BCUT2D eigenvalue weighted by Crippen LogP contribution is 2.32. The van der Waals surface area contributed by atoms with Crippen LogP contribution in [0.2, 0.25) is 0 Å². The molecule has 8 heteroatoms. The van der Waals surface area contributed by atoms with Crippen molar-refractivity contribution in [3.63, 3.8) is 0 Å². The van der Waals surface area contributed by atoms with Gasteiger partial charge in [-0.3, -0.25) is 4.79 Å². The summed E-state index contributed by atoms with van der Waals surface area (Å²) >= 11 is 0. The molecule has 2 heterocycles. The number of anilines is 1. The molecule has 158 valence electrons. The summed E-state index contributed by atoms with van der Waals surface area (Å²) in [6.45, 7) is 4.00. The lowest BCUT2D eigenvalue weighted by atomic mass is 9.84. The number of hydrogen-bond donors (Lipinski definition) is 1. The Morgan fingerprint density at radius 2 is 2.16 bits per heavy atom. The van der Waals surface area contributed by atoms with Crippen LogP contribution in [-0.4, -0.2) is 33.0 Å². The van der Waals surface area contributed by atoms with Crippen LogP contribution < -0.4 is 10.1 Å². The minimum Gasteiger partial charge on any atom is -0.480 e. The molecule has 0 saturated heterocycles. The van der Waals surface area contributed by atoms with E-state index in [9.17, 15) is 10.1 Å². The van der Waals surface area contributed by atoms with E-state index < -0.39 is 0 Å². The molecule has 0 atom stereocenters. The molecule has 0 spiro atoms. The van der Waals surface area contributed by atoms with Gasteiger partial charge in [-0.2, -0.15) is 15.5 Å². The van der Waals surface area contributed by atoms with Crippen molar-refractivity contribution in [2.75, 3.05) is 12.4 Å². The molecule has 0 fully saturated rings. The first kappa shape index (κ1) is 20.3. The highest BCUT2D eigenvalue weighted by molar-refractivity contribution is 6.08. The van der Waals surface area contributed by atoms with Gasteiger partial charge in [0.15, 0.2) is 0 Å². The Labute approximate surface area is 181 Å². The molecule has 0 bridgehead atoms. The Hall–Kier alpha value is -3.99. The number of nitriles is 1. The fourth-order valence-corrected chi connectivity index (χ4v) is 3.81. The zero-order valence-corrected chi connectivity index (χ0v) is 17.6. The number of allylic oxidation sites excluding steroid dienone is 2. The molecule has 2 aromatic heterocycles. The third-order valence-corrected chi connectivity index (χ3v) is 5.22. The Morgan fingerprint density at radius 3 is 2.90 bits per heavy atom. The van der Waals surface area contributed by atoms with Crippen molar-refractivity contribution in [1.29, 1.82) is 5.26 Å². The number of amides is 1. The average molecular weight is 416 g/mol. The van der Waals surface area contributed by atoms with Gasteiger partial charge in [0.2, 0.25) is 5.88 Å². The van der Waals surface area contributed by atoms with Gasteiger partial charge in [-0.15, -0.1) is 5.10 Å². The van der Waals surface area contributed by atoms with Crippen LogP contribution >= 0.6 is 0 Å². The van der Waals surface area contributed by atoms with Crippen LogP contribution in [0.1, 0.15) is 28.1 Å². The monoisotopic (exact) mass is 416 g/mol. The Morgan fingerprint density at radius 1 is 1.32 bits per heavy atom. The number of ether oxygens (including phenoxy) is 1. The Kier molecular flexibility index (Phi) is 5.50. The largest absolute Gasteiger partial charge is 0.480 e. The van der Waals surface area contributed by atoms with E-state index in [0.29, 0.717) is 41.2 Å². The van der Waals surface area contributed by atoms with E-state index in [1.807, 2.05) is 38.1 Å².